The lowest BCUT2D eigenvalue weighted by Gasteiger charge is -2.28. The number of rotatable bonds is 4. The van der Waals surface area contributed by atoms with Gasteiger partial charge in [-0.2, -0.15) is 0 Å². The summed E-state index contributed by atoms with van der Waals surface area (Å²) >= 11 is 0. The SMILES string of the molecule is O=C(c1ccc(Nc2ccc(N3CCCCC3)cc2)cn1)N1CCCCCC1. The molecule has 2 fully saturated rings. The number of nitrogens with one attached hydrogen (secondary N) is 1. The van der Waals surface area contributed by atoms with Crippen molar-refractivity contribution >= 4 is 23.0 Å². The van der Waals surface area contributed by atoms with E-state index in [4.69, 9.17) is 0 Å². The van der Waals surface area contributed by atoms with E-state index in [-0.39, 0.29) is 5.91 Å². The molecule has 0 radical (unpaired) electrons. The van der Waals surface area contributed by atoms with Gasteiger partial charge in [0.1, 0.15) is 5.69 Å². The van der Waals surface area contributed by atoms with Crippen molar-refractivity contribution in [3.63, 3.8) is 0 Å². The van der Waals surface area contributed by atoms with Crippen molar-refractivity contribution in [2.45, 2.75) is 44.9 Å². The molecule has 4 rings (SSSR count). The van der Waals surface area contributed by atoms with E-state index in [1.54, 1.807) is 6.20 Å². The minimum Gasteiger partial charge on any atom is -0.372 e. The molecule has 1 aromatic heterocycles. The van der Waals surface area contributed by atoms with Gasteiger partial charge in [-0.15, -0.1) is 0 Å². The quantitative estimate of drug-likeness (QED) is 0.828. The number of aromatic nitrogens is 1. The van der Waals surface area contributed by atoms with E-state index in [1.165, 1.54) is 37.8 Å². The third kappa shape index (κ3) is 4.64. The second kappa shape index (κ2) is 9.09. The second-order valence-electron chi connectivity index (χ2n) is 7.86. The van der Waals surface area contributed by atoms with Crippen LogP contribution in [0.25, 0.3) is 0 Å². The minimum absolute atomic E-state index is 0.0549. The molecule has 2 aromatic rings. The van der Waals surface area contributed by atoms with Crippen LogP contribution in [0.1, 0.15) is 55.4 Å². The molecule has 28 heavy (non-hydrogen) atoms. The Morgan fingerprint density at radius 1 is 0.750 bits per heavy atom. The number of amides is 1. The average molecular weight is 379 g/mol. The van der Waals surface area contributed by atoms with Gasteiger partial charge < -0.3 is 15.1 Å². The summed E-state index contributed by atoms with van der Waals surface area (Å²) in [5, 5.41) is 3.38. The lowest BCUT2D eigenvalue weighted by Crippen LogP contribution is -2.32. The van der Waals surface area contributed by atoms with Gasteiger partial charge in [-0.1, -0.05) is 12.8 Å². The zero-order chi connectivity index (χ0) is 19.2. The van der Waals surface area contributed by atoms with Crippen LogP contribution in [0.2, 0.25) is 0 Å². The smallest absolute Gasteiger partial charge is 0.272 e. The fourth-order valence-electron chi connectivity index (χ4n) is 4.10. The summed E-state index contributed by atoms with van der Waals surface area (Å²) < 4.78 is 0. The molecule has 0 aliphatic carbocycles. The van der Waals surface area contributed by atoms with Crippen LogP contribution < -0.4 is 10.2 Å². The molecule has 2 aliphatic rings. The molecule has 1 amide bonds. The van der Waals surface area contributed by atoms with Crippen LogP contribution in [0.15, 0.2) is 42.6 Å². The van der Waals surface area contributed by atoms with Crippen LogP contribution in [-0.2, 0) is 0 Å². The highest BCUT2D eigenvalue weighted by Crippen LogP contribution is 2.23. The molecule has 1 aromatic carbocycles. The highest BCUT2D eigenvalue weighted by molar-refractivity contribution is 5.92. The van der Waals surface area contributed by atoms with E-state index in [1.807, 2.05) is 17.0 Å². The monoisotopic (exact) mass is 378 g/mol. The van der Waals surface area contributed by atoms with E-state index in [0.29, 0.717) is 5.69 Å². The van der Waals surface area contributed by atoms with Crippen molar-refractivity contribution in [2.24, 2.45) is 0 Å². The maximum atomic E-state index is 12.6. The second-order valence-corrected chi connectivity index (χ2v) is 7.86. The molecule has 0 atom stereocenters. The summed E-state index contributed by atoms with van der Waals surface area (Å²) in [5.74, 6) is 0.0549. The van der Waals surface area contributed by atoms with Crippen molar-refractivity contribution in [3.8, 4) is 0 Å². The first-order valence-electron chi connectivity index (χ1n) is 10.7. The van der Waals surface area contributed by atoms with Gasteiger partial charge in [0.15, 0.2) is 0 Å². The molecule has 3 heterocycles. The standard InChI is InChI=1S/C23H30N4O/c28-23(27-16-4-1-2-5-17-27)22-13-10-20(18-24-22)25-19-8-11-21(12-9-19)26-14-6-3-7-15-26/h8-13,18,25H,1-7,14-17H2. The number of pyridine rings is 1. The van der Waals surface area contributed by atoms with E-state index < -0.39 is 0 Å². The Bertz CT molecular complexity index is 758. The van der Waals surface area contributed by atoms with E-state index >= 15 is 0 Å². The fourth-order valence-corrected chi connectivity index (χ4v) is 4.10. The summed E-state index contributed by atoms with van der Waals surface area (Å²) in [5.41, 5.74) is 3.77. The first kappa shape index (κ1) is 18.8. The number of hydrogen-bond acceptors (Lipinski definition) is 4. The van der Waals surface area contributed by atoms with Gasteiger partial charge in [0.25, 0.3) is 5.91 Å². The first-order chi connectivity index (χ1) is 13.8. The summed E-state index contributed by atoms with van der Waals surface area (Å²) in [6.07, 6.45) is 10.3. The van der Waals surface area contributed by atoms with Gasteiger partial charge in [0, 0.05) is 37.6 Å². The first-order valence-corrected chi connectivity index (χ1v) is 10.7. The molecule has 2 aliphatic heterocycles. The topological polar surface area (TPSA) is 48.5 Å². The Labute approximate surface area is 167 Å². The van der Waals surface area contributed by atoms with Gasteiger partial charge in [-0.05, 0) is 68.5 Å². The Morgan fingerprint density at radius 3 is 2.00 bits per heavy atom. The van der Waals surface area contributed by atoms with Crippen molar-refractivity contribution in [1.29, 1.82) is 0 Å². The Morgan fingerprint density at radius 2 is 1.36 bits per heavy atom. The number of carbonyl (C=O) groups is 1. The van der Waals surface area contributed by atoms with Crippen LogP contribution in [0.5, 0.6) is 0 Å². The number of anilines is 3. The molecule has 2 saturated heterocycles. The van der Waals surface area contributed by atoms with Crippen LogP contribution in [0.3, 0.4) is 0 Å². The number of likely N-dealkylation sites (tertiary alicyclic amines) is 1. The number of benzene rings is 1. The zero-order valence-electron chi connectivity index (χ0n) is 16.6. The third-order valence-electron chi connectivity index (χ3n) is 5.75. The van der Waals surface area contributed by atoms with Crippen LogP contribution >= 0.6 is 0 Å². The Hall–Kier alpha value is -2.56. The minimum atomic E-state index is 0.0549. The van der Waals surface area contributed by atoms with E-state index in [2.05, 4.69) is 39.5 Å². The number of piperidine rings is 1. The summed E-state index contributed by atoms with van der Waals surface area (Å²) in [6, 6.07) is 12.4. The van der Waals surface area contributed by atoms with Crippen molar-refractivity contribution in [1.82, 2.24) is 9.88 Å². The molecule has 5 nitrogen and oxygen atoms in total. The number of carbonyl (C=O) groups excluding carboxylic acids is 1. The lowest BCUT2D eigenvalue weighted by atomic mass is 10.1. The number of nitrogens with zero attached hydrogens (tertiary/aromatic N) is 3. The number of hydrogen-bond donors (Lipinski definition) is 1. The summed E-state index contributed by atoms with van der Waals surface area (Å²) in [4.78, 5) is 21.5. The van der Waals surface area contributed by atoms with E-state index in [0.717, 1.165) is 50.4 Å². The highest BCUT2D eigenvalue weighted by atomic mass is 16.2. The largest absolute Gasteiger partial charge is 0.372 e. The van der Waals surface area contributed by atoms with Gasteiger partial charge in [0.2, 0.25) is 0 Å². The van der Waals surface area contributed by atoms with Crippen molar-refractivity contribution in [2.75, 3.05) is 36.4 Å². The fraction of sp³-hybridized carbons (Fsp3) is 0.478. The van der Waals surface area contributed by atoms with Gasteiger partial charge in [-0.3, -0.25) is 4.79 Å². The molecule has 0 unspecified atom stereocenters. The maximum absolute atomic E-state index is 12.6. The third-order valence-corrected chi connectivity index (χ3v) is 5.75. The van der Waals surface area contributed by atoms with E-state index in [9.17, 15) is 4.79 Å². The predicted octanol–water partition coefficient (Wildman–Crippen LogP) is 4.83. The Kier molecular flexibility index (Phi) is 6.10. The van der Waals surface area contributed by atoms with Gasteiger partial charge in [-0.25, -0.2) is 4.98 Å². The Balaban J connectivity index is 1.36. The molecular formula is C23H30N4O. The molecule has 0 bridgehead atoms. The van der Waals surface area contributed by atoms with Crippen LogP contribution in [-0.4, -0.2) is 42.0 Å². The molecule has 1 N–H and O–H groups in total. The van der Waals surface area contributed by atoms with Crippen LogP contribution in [0.4, 0.5) is 17.1 Å². The molecule has 148 valence electrons. The average Bonchev–Trinajstić information content (AvgIpc) is 3.05. The molecule has 0 spiro atoms. The van der Waals surface area contributed by atoms with Crippen molar-refractivity contribution < 1.29 is 4.79 Å². The van der Waals surface area contributed by atoms with Crippen molar-refractivity contribution in [3.05, 3.63) is 48.3 Å². The zero-order valence-corrected chi connectivity index (χ0v) is 16.6. The normalized spacial score (nSPS) is 17.9. The predicted molar refractivity (Wildman–Crippen MR) is 114 cm³/mol. The molecule has 0 saturated carbocycles. The van der Waals surface area contributed by atoms with Crippen LogP contribution in [0, 0.1) is 0 Å². The summed E-state index contributed by atoms with van der Waals surface area (Å²) in [6.45, 7) is 4.01. The molecular weight excluding hydrogens is 348 g/mol. The maximum Gasteiger partial charge on any atom is 0.272 e. The molecule has 5 heteroatoms. The summed E-state index contributed by atoms with van der Waals surface area (Å²) in [7, 11) is 0. The van der Waals surface area contributed by atoms with Gasteiger partial charge in [0.05, 0.1) is 11.9 Å². The van der Waals surface area contributed by atoms with Gasteiger partial charge >= 0.3 is 0 Å². The highest BCUT2D eigenvalue weighted by Gasteiger charge is 2.18. The lowest BCUT2D eigenvalue weighted by molar-refractivity contribution is 0.0756.